The van der Waals surface area contributed by atoms with Crippen molar-refractivity contribution in [2.24, 2.45) is 16.5 Å². The maximum atomic E-state index is 5.74. The van der Waals surface area contributed by atoms with Crippen LogP contribution >= 0.6 is 12.4 Å². The topological polar surface area (TPSA) is 96.9 Å². The van der Waals surface area contributed by atoms with Crippen molar-refractivity contribution in [3.63, 3.8) is 0 Å². The van der Waals surface area contributed by atoms with Gasteiger partial charge < -0.3 is 27.0 Å². The number of anilines is 3. The molecule has 128 valence electrons. The standard InChI is InChI=1S/C17H22N6.ClH/c18-13-1-5-15(6-2-13)22-9-11-23(12-10-22)16-7-3-14(4-8-16)21-17(19)20;/h1-8H,9-12,18H2,(H4,19,20,21);1H. The molecule has 1 saturated heterocycles. The SMILES string of the molecule is Cl.NC(N)=Nc1ccc(N2CCN(c3ccc(N)cc3)CC2)cc1. The van der Waals surface area contributed by atoms with Gasteiger partial charge in [0.25, 0.3) is 0 Å². The Labute approximate surface area is 148 Å². The van der Waals surface area contributed by atoms with Crippen molar-refractivity contribution in [3.8, 4) is 0 Å². The summed E-state index contributed by atoms with van der Waals surface area (Å²) in [5, 5.41) is 0. The Balaban J connectivity index is 0.00000208. The molecule has 0 bridgehead atoms. The first-order valence-corrected chi connectivity index (χ1v) is 7.67. The van der Waals surface area contributed by atoms with E-state index in [1.54, 1.807) is 0 Å². The summed E-state index contributed by atoms with van der Waals surface area (Å²) >= 11 is 0. The van der Waals surface area contributed by atoms with E-state index in [-0.39, 0.29) is 18.4 Å². The molecule has 2 aromatic rings. The number of aliphatic imine (C=N–C) groups is 1. The summed E-state index contributed by atoms with van der Waals surface area (Å²) in [7, 11) is 0. The number of rotatable bonds is 3. The van der Waals surface area contributed by atoms with Gasteiger partial charge in [0.1, 0.15) is 0 Å². The number of piperazine rings is 1. The summed E-state index contributed by atoms with van der Waals surface area (Å²) in [5.74, 6) is 0.0786. The van der Waals surface area contributed by atoms with Gasteiger partial charge in [0, 0.05) is 43.2 Å². The largest absolute Gasteiger partial charge is 0.399 e. The van der Waals surface area contributed by atoms with Crippen molar-refractivity contribution in [2.75, 3.05) is 41.7 Å². The van der Waals surface area contributed by atoms with Crippen LogP contribution in [-0.2, 0) is 0 Å². The summed E-state index contributed by atoms with van der Waals surface area (Å²) < 4.78 is 0. The van der Waals surface area contributed by atoms with Crippen molar-refractivity contribution in [1.82, 2.24) is 0 Å². The molecule has 0 radical (unpaired) electrons. The molecule has 6 nitrogen and oxygen atoms in total. The molecule has 0 amide bonds. The fraction of sp³-hybridized carbons (Fsp3) is 0.235. The lowest BCUT2D eigenvalue weighted by Crippen LogP contribution is -2.46. The highest BCUT2D eigenvalue weighted by Crippen LogP contribution is 2.23. The van der Waals surface area contributed by atoms with E-state index in [4.69, 9.17) is 17.2 Å². The molecule has 1 aliphatic heterocycles. The summed E-state index contributed by atoms with van der Waals surface area (Å²) in [5.41, 5.74) is 20.5. The number of nitrogens with zero attached hydrogens (tertiary/aromatic N) is 3. The van der Waals surface area contributed by atoms with Crippen molar-refractivity contribution in [3.05, 3.63) is 48.5 Å². The monoisotopic (exact) mass is 346 g/mol. The van der Waals surface area contributed by atoms with Gasteiger partial charge in [0.2, 0.25) is 0 Å². The van der Waals surface area contributed by atoms with Crippen molar-refractivity contribution in [1.29, 1.82) is 0 Å². The molecule has 6 N–H and O–H groups in total. The summed E-state index contributed by atoms with van der Waals surface area (Å²) in [6, 6.07) is 16.0. The van der Waals surface area contributed by atoms with Crippen LogP contribution in [0.25, 0.3) is 0 Å². The van der Waals surface area contributed by atoms with E-state index < -0.39 is 0 Å². The second-order valence-corrected chi connectivity index (χ2v) is 5.62. The van der Waals surface area contributed by atoms with E-state index in [1.807, 2.05) is 24.3 Å². The van der Waals surface area contributed by atoms with E-state index >= 15 is 0 Å². The van der Waals surface area contributed by atoms with E-state index in [1.165, 1.54) is 11.4 Å². The molecule has 7 heteroatoms. The zero-order valence-electron chi connectivity index (χ0n) is 13.4. The molecule has 1 aliphatic rings. The smallest absolute Gasteiger partial charge is 0.191 e. The predicted molar refractivity (Wildman–Crippen MR) is 104 cm³/mol. The molecule has 2 aromatic carbocycles. The molecule has 0 aliphatic carbocycles. The zero-order valence-corrected chi connectivity index (χ0v) is 14.2. The highest BCUT2D eigenvalue weighted by molar-refractivity contribution is 5.85. The lowest BCUT2D eigenvalue weighted by Gasteiger charge is -2.37. The van der Waals surface area contributed by atoms with Crippen LogP contribution in [0, 0.1) is 0 Å². The second kappa shape index (κ2) is 7.79. The Bertz CT molecular complexity index is 671. The van der Waals surface area contributed by atoms with Gasteiger partial charge in [-0.15, -0.1) is 12.4 Å². The predicted octanol–water partition coefficient (Wildman–Crippen LogP) is 1.92. The fourth-order valence-corrected chi connectivity index (χ4v) is 2.80. The van der Waals surface area contributed by atoms with Crippen LogP contribution < -0.4 is 27.0 Å². The van der Waals surface area contributed by atoms with Gasteiger partial charge in [-0.25, -0.2) is 4.99 Å². The molecule has 0 spiro atoms. The Kier molecular flexibility index (Phi) is 5.76. The third kappa shape index (κ3) is 4.23. The van der Waals surface area contributed by atoms with Crippen LogP contribution in [0.2, 0.25) is 0 Å². The number of guanidine groups is 1. The quantitative estimate of drug-likeness (QED) is 0.448. The number of hydrogen-bond acceptors (Lipinski definition) is 4. The van der Waals surface area contributed by atoms with Crippen LogP contribution in [0.1, 0.15) is 0 Å². The summed E-state index contributed by atoms with van der Waals surface area (Å²) in [4.78, 5) is 8.79. The Morgan fingerprint density at radius 3 is 1.58 bits per heavy atom. The highest BCUT2D eigenvalue weighted by Gasteiger charge is 2.17. The highest BCUT2D eigenvalue weighted by atomic mass is 35.5. The number of hydrogen-bond donors (Lipinski definition) is 3. The molecule has 0 aromatic heterocycles. The Morgan fingerprint density at radius 2 is 1.17 bits per heavy atom. The first kappa shape index (κ1) is 17.7. The minimum Gasteiger partial charge on any atom is -0.399 e. The minimum atomic E-state index is 0. The number of nitrogen functional groups attached to an aromatic ring is 1. The van der Waals surface area contributed by atoms with E-state index in [9.17, 15) is 0 Å². The number of nitrogens with two attached hydrogens (primary N) is 3. The molecule has 24 heavy (non-hydrogen) atoms. The summed E-state index contributed by atoms with van der Waals surface area (Å²) in [6.07, 6.45) is 0. The van der Waals surface area contributed by atoms with Crippen molar-refractivity contribution < 1.29 is 0 Å². The first-order chi connectivity index (χ1) is 11.1. The van der Waals surface area contributed by atoms with Crippen LogP contribution in [0.4, 0.5) is 22.7 Å². The molecule has 0 saturated carbocycles. The van der Waals surface area contributed by atoms with Gasteiger partial charge in [-0.05, 0) is 48.5 Å². The van der Waals surface area contributed by atoms with Crippen LogP contribution in [0.3, 0.4) is 0 Å². The van der Waals surface area contributed by atoms with Crippen molar-refractivity contribution in [2.45, 2.75) is 0 Å². The maximum Gasteiger partial charge on any atom is 0.191 e. The number of benzene rings is 2. The van der Waals surface area contributed by atoms with Crippen molar-refractivity contribution >= 4 is 41.1 Å². The van der Waals surface area contributed by atoms with E-state index in [0.717, 1.165) is 37.6 Å². The molecule has 0 unspecified atom stereocenters. The fourth-order valence-electron chi connectivity index (χ4n) is 2.80. The molecule has 1 heterocycles. The molecule has 1 fully saturated rings. The lowest BCUT2D eigenvalue weighted by molar-refractivity contribution is 0.653. The van der Waals surface area contributed by atoms with Crippen LogP contribution in [-0.4, -0.2) is 32.1 Å². The molecule has 3 rings (SSSR count). The van der Waals surface area contributed by atoms with Crippen LogP contribution in [0.15, 0.2) is 53.5 Å². The third-order valence-corrected chi connectivity index (χ3v) is 4.01. The van der Waals surface area contributed by atoms with Gasteiger partial charge >= 0.3 is 0 Å². The first-order valence-electron chi connectivity index (χ1n) is 7.67. The van der Waals surface area contributed by atoms with Gasteiger partial charge in [0.15, 0.2) is 5.96 Å². The average Bonchev–Trinajstić information content (AvgIpc) is 2.56. The lowest BCUT2D eigenvalue weighted by atomic mass is 10.2. The summed E-state index contributed by atoms with van der Waals surface area (Å²) in [6.45, 7) is 3.93. The minimum absolute atomic E-state index is 0. The van der Waals surface area contributed by atoms with Crippen LogP contribution in [0.5, 0.6) is 0 Å². The molecule has 0 atom stereocenters. The Hall–Kier alpha value is -2.60. The normalized spacial score (nSPS) is 14.0. The molecular formula is C17H23ClN6. The zero-order chi connectivity index (χ0) is 16.2. The van der Waals surface area contributed by atoms with E-state index in [2.05, 4.69) is 39.1 Å². The van der Waals surface area contributed by atoms with Gasteiger partial charge in [-0.2, -0.15) is 0 Å². The average molecular weight is 347 g/mol. The molecular weight excluding hydrogens is 324 g/mol. The van der Waals surface area contributed by atoms with Gasteiger partial charge in [-0.3, -0.25) is 0 Å². The van der Waals surface area contributed by atoms with Gasteiger partial charge in [-0.1, -0.05) is 0 Å². The van der Waals surface area contributed by atoms with E-state index in [0.29, 0.717) is 0 Å². The Morgan fingerprint density at radius 1 is 0.750 bits per heavy atom. The number of halogens is 1. The third-order valence-electron chi connectivity index (χ3n) is 4.01. The second-order valence-electron chi connectivity index (χ2n) is 5.62. The maximum absolute atomic E-state index is 5.74. The van der Waals surface area contributed by atoms with Gasteiger partial charge in [0.05, 0.1) is 5.69 Å².